The number of thiazole rings is 1. The minimum Gasteiger partial charge on any atom is -0.479 e. The van der Waals surface area contributed by atoms with Gasteiger partial charge in [-0.25, -0.2) is 14.6 Å². The van der Waals surface area contributed by atoms with Crippen LogP contribution in [0.5, 0.6) is 0 Å². The third-order valence-electron chi connectivity index (χ3n) is 4.83. The standard InChI is InChI=1S/C18H17N7O7S4/c1-7-23-24-17(35-7)34-5-8-14(15(30)31)25-11(27)2-12(25)36-18(8,9-6-33-16(19)21-9)22-10(26)3-20-32-4-13(28)29/h3,6,12H,2,4-5H2,1H3,(H2,19,21)(H,22,26)(H,28,29)(H,30,31)/b20-3-/t12-,18?/m0/s1. The van der Waals surface area contributed by atoms with Crippen LogP contribution in [0.4, 0.5) is 5.13 Å². The van der Waals surface area contributed by atoms with Gasteiger partial charge in [-0.1, -0.05) is 40.0 Å². The van der Waals surface area contributed by atoms with E-state index in [4.69, 9.17) is 10.8 Å². The Kier molecular flexibility index (Phi) is 7.48. The van der Waals surface area contributed by atoms with Crippen LogP contribution in [0.3, 0.4) is 0 Å². The summed E-state index contributed by atoms with van der Waals surface area (Å²) in [4.78, 5) is 56.8. The van der Waals surface area contributed by atoms with Crippen LogP contribution < -0.4 is 11.1 Å². The Hall–Kier alpha value is -3.22. The number of hydrogen-bond acceptors (Lipinski definition) is 14. The van der Waals surface area contributed by atoms with Crippen molar-refractivity contribution in [2.45, 2.75) is 27.9 Å². The van der Waals surface area contributed by atoms with E-state index in [1.165, 1.54) is 28.0 Å². The number of nitrogens with zero attached hydrogens (tertiary/aromatic N) is 5. The van der Waals surface area contributed by atoms with Crippen molar-refractivity contribution in [1.29, 1.82) is 0 Å². The third-order valence-corrected chi connectivity index (χ3v) is 9.07. The van der Waals surface area contributed by atoms with Crippen LogP contribution in [0.25, 0.3) is 0 Å². The fourth-order valence-electron chi connectivity index (χ4n) is 3.43. The van der Waals surface area contributed by atoms with E-state index in [0.717, 1.165) is 29.3 Å². The van der Waals surface area contributed by atoms with E-state index in [-0.39, 0.29) is 40.2 Å². The highest BCUT2D eigenvalue weighted by atomic mass is 32.2. The summed E-state index contributed by atoms with van der Waals surface area (Å²) in [5, 5.41) is 34.8. The van der Waals surface area contributed by atoms with Crippen LogP contribution in [-0.4, -0.2) is 78.0 Å². The van der Waals surface area contributed by atoms with E-state index < -0.39 is 34.7 Å². The summed E-state index contributed by atoms with van der Waals surface area (Å²) in [5.74, 6) is -3.78. The fourth-order valence-corrected chi connectivity index (χ4v) is 7.77. The molecule has 4 rings (SSSR count). The number of nitrogens with one attached hydrogen (secondary N) is 1. The molecule has 14 nitrogen and oxygen atoms in total. The molecule has 0 radical (unpaired) electrons. The summed E-state index contributed by atoms with van der Waals surface area (Å²) >= 11 is 4.74. The average molecular weight is 572 g/mol. The molecule has 4 heterocycles. The molecule has 18 heteroatoms. The van der Waals surface area contributed by atoms with Gasteiger partial charge in [0, 0.05) is 16.7 Å². The average Bonchev–Trinajstić information content (AvgIpc) is 3.43. The summed E-state index contributed by atoms with van der Waals surface area (Å²) in [7, 11) is 0. The molecule has 1 unspecified atom stereocenters. The van der Waals surface area contributed by atoms with Crippen LogP contribution in [0.1, 0.15) is 17.1 Å². The zero-order valence-corrected chi connectivity index (χ0v) is 21.5. The number of carbonyl (C=O) groups is 4. The molecule has 2 atom stereocenters. The van der Waals surface area contributed by atoms with Gasteiger partial charge in [0.15, 0.2) is 14.3 Å². The van der Waals surface area contributed by atoms with Crippen molar-refractivity contribution in [2.75, 3.05) is 18.1 Å². The molecular formula is C18H17N7O7S4. The molecule has 0 aromatic carbocycles. The van der Waals surface area contributed by atoms with E-state index in [1.54, 1.807) is 12.3 Å². The van der Waals surface area contributed by atoms with Gasteiger partial charge >= 0.3 is 11.9 Å². The van der Waals surface area contributed by atoms with Crippen molar-refractivity contribution < 1.29 is 34.2 Å². The molecule has 1 saturated heterocycles. The van der Waals surface area contributed by atoms with Gasteiger partial charge in [-0.2, -0.15) is 0 Å². The minimum atomic E-state index is -1.54. The van der Waals surface area contributed by atoms with Crippen molar-refractivity contribution in [2.24, 2.45) is 5.16 Å². The molecule has 0 spiro atoms. The van der Waals surface area contributed by atoms with Crippen LogP contribution in [0.15, 0.2) is 26.1 Å². The molecule has 5 N–H and O–H groups in total. The summed E-state index contributed by atoms with van der Waals surface area (Å²) in [6, 6.07) is 0. The molecule has 1 fully saturated rings. The van der Waals surface area contributed by atoms with Crippen LogP contribution >= 0.6 is 46.2 Å². The Morgan fingerprint density at radius 3 is 2.78 bits per heavy atom. The Morgan fingerprint density at radius 2 is 2.19 bits per heavy atom. The SMILES string of the molecule is Cc1nnc(SCC2=C(C(=O)O)N3C(=O)C[C@@H]3SC2(NC(=O)/C=N\OCC(=O)O)c2csc(N)n2)s1. The molecule has 2 aliphatic rings. The molecule has 0 saturated carbocycles. The van der Waals surface area contributed by atoms with E-state index in [2.05, 4.69) is 30.5 Å². The van der Waals surface area contributed by atoms with Gasteiger partial charge in [0.2, 0.25) is 12.5 Å². The second-order valence-electron chi connectivity index (χ2n) is 7.19. The number of fused-ring (bicyclic) bond motifs is 1. The molecule has 190 valence electrons. The normalized spacial score (nSPS) is 21.3. The number of anilines is 1. The number of amides is 2. The first-order chi connectivity index (χ1) is 17.1. The highest BCUT2D eigenvalue weighted by Gasteiger charge is 2.56. The lowest BCUT2D eigenvalue weighted by Gasteiger charge is -2.51. The number of thioether (sulfide) groups is 2. The molecular weight excluding hydrogens is 555 g/mol. The number of nitrogens with two attached hydrogens (primary N) is 1. The number of β-lactam (4-membered cyclic amide) rings is 1. The maximum Gasteiger partial charge on any atom is 0.352 e. The number of carboxylic acid groups (broad SMARTS) is 2. The van der Waals surface area contributed by atoms with Crippen molar-refractivity contribution in [3.05, 3.63) is 27.4 Å². The molecule has 0 bridgehead atoms. The van der Waals surface area contributed by atoms with Gasteiger partial charge in [-0.3, -0.25) is 14.5 Å². The number of hydrogen-bond donors (Lipinski definition) is 4. The summed E-state index contributed by atoms with van der Waals surface area (Å²) in [5.41, 5.74) is 6.05. The predicted octanol–water partition coefficient (Wildman–Crippen LogP) is 0.677. The molecule has 2 aliphatic heterocycles. The van der Waals surface area contributed by atoms with Crippen LogP contribution in [-0.2, 0) is 28.9 Å². The lowest BCUT2D eigenvalue weighted by Crippen LogP contribution is -2.61. The molecule has 0 aliphatic carbocycles. The van der Waals surface area contributed by atoms with Gasteiger partial charge in [0.25, 0.3) is 5.91 Å². The van der Waals surface area contributed by atoms with Gasteiger partial charge in [-0.15, -0.1) is 21.5 Å². The van der Waals surface area contributed by atoms with Crippen molar-refractivity contribution in [3.8, 4) is 0 Å². The predicted molar refractivity (Wildman–Crippen MR) is 131 cm³/mol. The maximum absolute atomic E-state index is 12.9. The summed E-state index contributed by atoms with van der Waals surface area (Å²) in [6.07, 6.45) is 0.795. The van der Waals surface area contributed by atoms with Gasteiger partial charge in [0.05, 0.1) is 17.5 Å². The number of rotatable bonds is 10. The number of aliphatic carboxylic acids is 2. The lowest BCUT2D eigenvalue weighted by atomic mass is 9.98. The number of carboxylic acids is 2. The van der Waals surface area contributed by atoms with E-state index in [1.807, 2.05) is 0 Å². The highest BCUT2D eigenvalue weighted by Crippen LogP contribution is 2.55. The van der Waals surface area contributed by atoms with Gasteiger partial charge in [-0.05, 0) is 6.92 Å². The minimum absolute atomic E-state index is 0.0180. The second kappa shape index (κ2) is 10.4. The number of oxime groups is 1. The van der Waals surface area contributed by atoms with E-state index in [9.17, 15) is 24.3 Å². The Morgan fingerprint density at radius 1 is 1.42 bits per heavy atom. The summed E-state index contributed by atoms with van der Waals surface area (Å²) in [6.45, 7) is 1.02. The summed E-state index contributed by atoms with van der Waals surface area (Å²) < 4.78 is 0.563. The number of aromatic nitrogens is 3. The molecule has 2 aromatic heterocycles. The smallest absolute Gasteiger partial charge is 0.352 e. The Bertz CT molecular complexity index is 1290. The van der Waals surface area contributed by atoms with Gasteiger partial charge < -0.3 is 26.1 Å². The van der Waals surface area contributed by atoms with Crippen molar-refractivity contribution >= 4 is 81.3 Å². The monoisotopic (exact) mass is 571 g/mol. The number of aryl methyl sites for hydroxylation is 1. The quantitative estimate of drug-likeness (QED) is 0.134. The second-order valence-corrected chi connectivity index (χ2v) is 11.9. The number of nitrogen functional groups attached to an aromatic ring is 1. The Balaban J connectivity index is 1.79. The zero-order chi connectivity index (χ0) is 26.0. The van der Waals surface area contributed by atoms with E-state index >= 15 is 0 Å². The van der Waals surface area contributed by atoms with Crippen LogP contribution in [0, 0.1) is 6.92 Å². The third kappa shape index (κ3) is 5.15. The Labute approximate surface area is 219 Å². The van der Waals surface area contributed by atoms with Crippen LogP contribution in [0.2, 0.25) is 0 Å². The lowest BCUT2D eigenvalue weighted by molar-refractivity contribution is -0.146. The number of carbonyl (C=O) groups excluding carboxylic acids is 2. The first kappa shape index (κ1) is 25.9. The zero-order valence-electron chi connectivity index (χ0n) is 18.2. The molecule has 2 amide bonds. The maximum atomic E-state index is 12.9. The van der Waals surface area contributed by atoms with Crippen molar-refractivity contribution in [3.63, 3.8) is 0 Å². The van der Waals surface area contributed by atoms with Gasteiger partial charge in [0.1, 0.15) is 16.9 Å². The molecule has 2 aromatic rings. The highest BCUT2D eigenvalue weighted by molar-refractivity contribution is 8.02. The fraction of sp³-hybridized carbons (Fsp3) is 0.333. The topological polar surface area (TPSA) is 210 Å². The van der Waals surface area contributed by atoms with Crippen molar-refractivity contribution in [1.82, 2.24) is 25.4 Å². The first-order valence-electron chi connectivity index (χ1n) is 9.91. The van der Waals surface area contributed by atoms with E-state index in [0.29, 0.717) is 9.35 Å². The first-order valence-corrected chi connectivity index (χ1v) is 13.5. The molecule has 36 heavy (non-hydrogen) atoms. The largest absolute Gasteiger partial charge is 0.479 e.